The maximum Gasteiger partial charge on any atom is 0.280 e. The zero-order valence-electron chi connectivity index (χ0n) is 18.0. The van der Waals surface area contributed by atoms with Gasteiger partial charge in [0, 0.05) is 11.6 Å². The Morgan fingerprint density at radius 1 is 0.912 bits per heavy atom. The Morgan fingerprint density at radius 3 is 2.41 bits per heavy atom. The predicted molar refractivity (Wildman–Crippen MR) is 128 cm³/mol. The largest absolute Gasteiger partial charge is 0.375 e. The van der Waals surface area contributed by atoms with Gasteiger partial charge in [0.05, 0.1) is 29.1 Å². The number of carbonyl (C=O) groups is 2. The fraction of sp³-hybridized carbons (Fsp3) is 0.111. The third kappa shape index (κ3) is 3.43. The summed E-state index contributed by atoms with van der Waals surface area (Å²) in [4.78, 5) is 38.9. The third-order valence-electron chi connectivity index (χ3n) is 6.27. The number of hydrogen-bond acceptors (Lipinski definition) is 5. The molecule has 0 bridgehead atoms. The minimum absolute atomic E-state index is 0.140. The van der Waals surface area contributed by atoms with Crippen molar-refractivity contribution in [3.8, 4) is 0 Å². The number of aliphatic hydroxyl groups is 1. The Balaban J connectivity index is 1.53. The van der Waals surface area contributed by atoms with Gasteiger partial charge in [-0.2, -0.15) is 0 Å². The lowest BCUT2D eigenvalue weighted by molar-refractivity contribution is -0.385. The lowest BCUT2D eigenvalue weighted by atomic mass is 9.88. The van der Waals surface area contributed by atoms with Crippen LogP contribution in [-0.4, -0.2) is 21.7 Å². The normalized spacial score (nSPS) is 17.1. The van der Waals surface area contributed by atoms with Crippen LogP contribution in [0.1, 0.15) is 27.9 Å². The molecule has 1 N–H and O–H groups in total. The van der Waals surface area contributed by atoms with Crippen molar-refractivity contribution in [2.75, 3.05) is 4.90 Å². The standard InChI is InChI=1S/C27H20N2O5/c30-25(21-12-3-5-14-23(21)29(33)34)16-27(32)22-13-4-6-15-24(22)28(26(27)31)17-19-10-7-9-18-8-1-2-11-20(18)19/h1-15,32H,16-17H2. The number of rotatable bonds is 6. The zero-order chi connectivity index (χ0) is 23.9. The molecule has 4 aromatic carbocycles. The quantitative estimate of drug-likeness (QED) is 0.258. The van der Waals surface area contributed by atoms with E-state index < -0.39 is 28.6 Å². The number of hydrogen-bond donors (Lipinski definition) is 1. The summed E-state index contributed by atoms with van der Waals surface area (Å²) in [6.45, 7) is 0.208. The summed E-state index contributed by atoms with van der Waals surface area (Å²) < 4.78 is 0. The highest BCUT2D eigenvalue weighted by molar-refractivity contribution is 6.11. The molecule has 0 radical (unpaired) electrons. The fourth-order valence-corrected chi connectivity index (χ4v) is 4.63. The Morgan fingerprint density at radius 2 is 1.59 bits per heavy atom. The van der Waals surface area contributed by atoms with Crippen LogP contribution in [0, 0.1) is 10.1 Å². The highest BCUT2D eigenvalue weighted by Crippen LogP contribution is 2.44. The van der Waals surface area contributed by atoms with Crippen molar-refractivity contribution in [3.05, 3.63) is 118 Å². The first-order valence-electron chi connectivity index (χ1n) is 10.8. The van der Waals surface area contributed by atoms with Crippen LogP contribution in [0.2, 0.25) is 0 Å². The minimum atomic E-state index is -2.12. The second-order valence-corrected chi connectivity index (χ2v) is 8.28. The van der Waals surface area contributed by atoms with Gasteiger partial charge in [0.25, 0.3) is 11.6 Å². The van der Waals surface area contributed by atoms with Gasteiger partial charge in [-0.15, -0.1) is 0 Å². The van der Waals surface area contributed by atoms with Crippen LogP contribution in [0.25, 0.3) is 10.8 Å². The van der Waals surface area contributed by atoms with Gasteiger partial charge >= 0.3 is 0 Å². The van der Waals surface area contributed by atoms with E-state index in [1.165, 1.54) is 29.2 Å². The molecule has 5 rings (SSSR count). The number of nitro benzene ring substituents is 1. The van der Waals surface area contributed by atoms with E-state index in [1.54, 1.807) is 24.3 Å². The maximum atomic E-state index is 13.6. The Bertz CT molecular complexity index is 1460. The number of benzene rings is 4. The predicted octanol–water partition coefficient (Wildman–Crippen LogP) is 4.76. The van der Waals surface area contributed by atoms with E-state index in [9.17, 15) is 24.8 Å². The molecular formula is C27H20N2O5. The average molecular weight is 452 g/mol. The van der Waals surface area contributed by atoms with Crippen LogP contribution in [0.15, 0.2) is 91.0 Å². The van der Waals surface area contributed by atoms with Crippen molar-refractivity contribution in [3.63, 3.8) is 0 Å². The van der Waals surface area contributed by atoms with Gasteiger partial charge in [0.2, 0.25) is 0 Å². The van der Waals surface area contributed by atoms with E-state index in [2.05, 4.69) is 0 Å². The second kappa shape index (κ2) is 8.20. The van der Waals surface area contributed by atoms with Crippen molar-refractivity contribution < 1.29 is 19.6 Å². The first kappa shape index (κ1) is 21.5. The number of nitro groups is 1. The highest BCUT2D eigenvalue weighted by atomic mass is 16.6. The number of fused-ring (bicyclic) bond motifs is 2. The number of anilines is 1. The van der Waals surface area contributed by atoms with Gasteiger partial charge in [0.15, 0.2) is 11.4 Å². The van der Waals surface area contributed by atoms with Gasteiger partial charge in [-0.05, 0) is 28.5 Å². The molecule has 7 heteroatoms. The molecule has 0 fully saturated rings. The Labute approximate surface area is 195 Å². The lowest BCUT2D eigenvalue weighted by Crippen LogP contribution is -2.41. The van der Waals surface area contributed by atoms with Gasteiger partial charge in [-0.1, -0.05) is 72.8 Å². The Kier molecular flexibility index (Phi) is 5.18. The van der Waals surface area contributed by atoms with E-state index in [4.69, 9.17) is 0 Å². The number of para-hydroxylation sites is 2. The van der Waals surface area contributed by atoms with Crippen LogP contribution in [-0.2, 0) is 16.9 Å². The molecule has 4 aromatic rings. The number of Topliss-reactive ketones (excluding diaryl/α,β-unsaturated/α-hetero) is 1. The molecule has 1 unspecified atom stereocenters. The summed E-state index contributed by atoms with van der Waals surface area (Å²) >= 11 is 0. The van der Waals surface area contributed by atoms with Gasteiger partial charge in [-0.25, -0.2) is 0 Å². The molecule has 34 heavy (non-hydrogen) atoms. The van der Waals surface area contributed by atoms with E-state index in [0.29, 0.717) is 11.3 Å². The van der Waals surface area contributed by atoms with E-state index in [0.717, 1.165) is 16.3 Å². The topological polar surface area (TPSA) is 101 Å². The lowest BCUT2D eigenvalue weighted by Gasteiger charge is -2.23. The molecule has 1 atom stereocenters. The average Bonchev–Trinajstić information content (AvgIpc) is 3.06. The minimum Gasteiger partial charge on any atom is -0.375 e. The smallest absolute Gasteiger partial charge is 0.280 e. The molecule has 0 saturated heterocycles. The zero-order valence-corrected chi connectivity index (χ0v) is 18.0. The van der Waals surface area contributed by atoms with Crippen LogP contribution >= 0.6 is 0 Å². The van der Waals surface area contributed by atoms with Crippen molar-refractivity contribution >= 4 is 33.8 Å². The fourth-order valence-electron chi connectivity index (χ4n) is 4.63. The maximum absolute atomic E-state index is 13.6. The number of amides is 1. The number of carbonyl (C=O) groups excluding carboxylic acids is 2. The van der Waals surface area contributed by atoms with Gasteiger partial charge in [-0.3, -0.25) is 19.7 Å². The summed E-state index contributed by atoms with van der Waals surface area (Å²) in [6, 6.07) is 26.0. The van der Waals surface area contributed by atoms with Crippen molar-refractivity contribution in [2.24, 2.45) is 0 Å². The Hall–Kier alpha value is -4.36. The van der Waals surface area contributed by atoms with E-state index in [1.807, 2.05) is 42.5 Å². The van der Waals surface area contributed by atoms with E-state index in [-0.39, 0.29) is 17.8 Å². The van der Waals surface area contributed by atoms with Crippen molar-refractivity contribution in [2.45, 2.75) is 18.6 Å². The van der Waals surface area contributed by atoms with Crippen LogP contribution in [0.3, 0.4) is 0 Å². The number of ketones is 1. The molecule has 0 aromatic heterocycles. The molecular weight excluding hydrogens is 432 g/mol. The summed E-state index contributed by atoms with van der Waals surface area (Å²) in [5.74, 6) is -1.31. The molecule has 1 heterocycles. The van der Waals surface area contributed by atoms with Crippen molar-refractivity contribution in [1.29, 1.82) is 0 Å². The first-order valence-corrected chi connectivity index (χ1v) is 10.8. The molecule has 0 aliphatic carbocycles. The van der Waals surface area contributed by atoms with E-state index >= 15 is 0 Å². The van der Waals surface area contributed by atoms with Gasteiger partial charge < -0.3 is 10.0 Å². The molecule has 168 valence electrons. The second-order valence-electron chi connectivity index (χ2n) is 8.28. The molecule has 0 saturated carbocycles. The van der Waals surface area contributed by atoms with Crippen LogP contribution < -0.4 is 4.90 Å². The molecule has 0 spiro atoms. The van der Waals surface area contributed by atoms with Crippen LogP contribution in [0.4, 0.5) is 11.4 Å². The highest BCUT2D eigenvalue weighted by Gasteiger charge is 2.51. The molecule has 1 amide bonds. The molecule has 1 aliphatic heterocycles. The summed E-state index contributed by atoms with van der Waals surface area (Å²) in [5, 5.41) is 25.0. The summed E-state index contributed by atoms with van der Waals surface area (Å²) in [6.07, 6.45) is -0.597. The number of nitrogens with zero attached hydrogens (tertiary/aromatic N) is 2. The van der Waals surface area contributed by atoms with Gasteiger partial charge in [0.1, 0.15) is 0 Å². The molecule has 7 nitrogen and oxygen atoms in total. The van der Waals surface area contributed by atoms with Crippen molar-refractivity contribution in [1.82, 2.24) is 0 Å². The molecule has 1 aliphatic rings. The summed E-state index contributed by atoms with van der Waals surface area (Å²) in [5.41, 5.74) is -0.899. The SMILES string of the molecule is O=C(CC1(O)C(=O)N(Cc2cccc3ccccc23)c2ccccc21)c1ccccc1[N+](=O)[O-]. The monoisotopic (exact) mass is 452 g/mol. The van der Waals surface area contributed by atoms with Crippen LogP contribution in [0.5, 0.6) is 0 Å². The first-order chi connectivity index (χ1) is 16.4. The third-order valence-corrected chi connectivity index (χ3v) is 6.27. The summed E-state index contributed by atoms with van der Waals surface area (Å²) in [7, 11) is 0.